The molecule has 0 saturated heterocycles. The van der Waals surface area contributed by atoms with Gasteiger partial charge in [0, 0.05) is 17.0 Å². The van der Waals surface area contributed by atoms with Crippen LogP contribution in [0.5, 0.6) is 0 Å². The number of rotatable bonds is 5. The smallest absolute Gasteiger partial charge is 0.224 e. The number of amides is 1. The summed E-state index contributed by atoms with van der Waals surface area (Å²) in [4.78, 5) is 12.0. The Hall–Kier alpha value is -1.32. The highest BCUT2D eigenvalue weighted by Gasteiger charge is 2.44. The van der Waals surface area contributed by atoms with Gasteiger partial charge >= 0.3 is 0 Å². The lowest BCUT2D eigenvalue weighted by molar-refractivity contribution is -0.120. The van der Waals surface area contributed by atoms with Crippen molar-refractivity contribution in [3.8, 4) is 0 Å². The third kappa shape index (κ3) is 2.89. The van der Waals surface area contributed by atoms with Crippen LogP contribution >= 0.6 is 22.9 Å². The Labute approximate surface area is 127 Å². The Kier molecular flexibility index (Phi) is 3.81. The number of nitrogens with one attached hydrogen (secondary N) is 1. The Balaban J connectivity index is 1.57. The summed E-state index contributed by atoms with van der Waals surface area (Å²) in [6.45, 7) is 0.729. The number of benzene rings is 1. The normalized spacial score (nSPS) is 15.8. The van der Waals surface area contributed by atoms with Crippen LogP contribution in [0, 0.1) is 0 Å². The first kappa shape index (κ1) is 13.7. The maximum Gasteiger partial charge on any atom is 0.224 e. The van der Waals surface area contributed by atoms with Gasteiger partial charge in [-0.15, -0.1) is 0 Å². The van der Waals surface area contributed by atoms with Gasteiger partial charge in [0.1, 0.15) is 0 Å². The molecule has 1 N–H and O–H groups in total. The van der Waals surface area contributed by atoms with Crippen LogP contribution in [0.4, 0.5) is 0 Å². The minimum Gasteiger partial charge on any atom is -0.355 e. The number of halogens is 1. The summed E-state index contributed by atoms with van der Waals surface area (Å²) in [6, 6.07) is 9.66. The molecule has 20 heavy (non-hydrogen) atoms. The molecule has 0 radical (unpaired) electrons. The van der Waals surface area contributed by atoms with E-state index < -0.39 is 0 Å². The fourth-order valence-electron chi connectivity index (χ4n) is 2.43. The number of hydrogen-bond donors (Lipinski definition) is 1. The summed E-state index contributed by atoms with van der Waals surface area (Å²) < 4.78 is 0. The van der Waals surface area contributed by atoms with Crippen molar-refractivity contribution in [2.24, 2.45) is 0 Å². The molecule has 1 fully saturated rings. The average molecular weight is 306 g/mol. The van der Waals surface area contributed by atoms with Gasteiger partial charge in [0.05, 0.1) is 6.42 Å². The first-order valence-electron chi connectivity index (χ1n) is 6.72. The number of carbonyl (C=O) groups excluding carboxylic acids is 1. The number of carbonyl (C=O) groups is 1. The lowest BCUT2D eigenvalue weighted by Gasteiger charge is -2.15. The molecule has 1 saturated carbocycles. The minimum absolute atomic E-state index is 0.0413. The molecular formula is C16H16ClNOS. The van der Waals surface area contributed by atoms with Crippen LogP contribution in [0.3, 0.4) is 0 Å². The summed E-state index contributed by atoms with van der Waals surface area (Å²) in [7, 11) is 0. The molecular weight excluding hydrogens is 290 g/mol. The second-order valence-electron chi connectivity index (χ2n) is 5.34. The topological polar surface area (TPSA) is 29.1 Å². The first-order valence-corrected chi connectivity index (χ1v) is 8.04. The molecule has 0 aliphatic heterocycles. The van der Waals surface area contributed by atoms with Crippen molar-refractivity contribution >= 4 is 28.8 Å². The van der Waals surface area contributed by atoms with E-state index in [0.717, 1.165) is 24.9 Å². The highest BCUT2D eigenvalue weighted by Crippen LogP contribution is 2.48. The van der Waals surface area contributed by atoms with Crippen molar-refractivity contribution in [2.45, 2.75) is 24.7 Å². The first-order chi connectivity index (χ1) is 9.70. The van der Waals surface area contributed by atoms with Gasteiger partial charge in [0.25, 0.3) is 0 Å². The van der Waals surface area contributed by atoms with Crippen molar-refractivity contribution in [1.82, 2.24) is 5.32 Å². The van der Waals surface area contributed by atoms with Crippen LogP contribution in [0.1, 0.15) is 24.0 Å². The van der Waals surface area contributed by atoms with Gasteiger partial charge in [-0.2, -0.15) is 11.3 Å². The fourth-order valence-corrected chi connectivity index (χ4v) is 3.41. The van der Waals surface area contributed by atoms with E-state index in [2.05, 4.69) is 22.1 Å². The van der Waals surface area contributed by atoms with Crippen LogP contribution in [0.2, 0.25) is 5.02 Å². The zero-order chi connectivity index (χ0) is 14.0. The van der Waals surface area contributed by atoms with E-state index in [-0.39, 0.29) is 11.3 Å². The van der Waals surface area contributed by atoms with Crippen molar-refractivity contribution in [3.05, 3.63) is 57.2 Å². The summed E-state index contributed by atoms with van der Waals surface area (Å²) >= 11 is 7.79. The second-order valence-corrected chi connectivity index (χ2v) is 6.52. The molecule has 1 heterocycles. The van der Waals surface area contributed by atoms with Crippen molar-refractivity contribution in [3.63, 3.8) is 0 Å². The molecule has 104 valence electrons. The molecule has 1 amide bonds. The molecule has 0 bridgehead atoms. The van der Waals surface area contributed by atoms with Crippen LogP contribution in [0.15, 0.2) is 41.1 Å². The Bertz CT molecular complexity index is 605. The Morgan fingerprint density at radius 1 is 1.30 bits per heavy atom. The van der Waals surface area contributed by atoms with Gasteiger partial charge < -0.3 is 5.32 Å². The molecule has 0 spiro atoms. The van der Waals surface area contributed by atoms with Gasteiger partial charge in [-0.05, 0) is 46.9 Å². The van der Waals surface area contributed by atoms with Crippen molar-refractivity contribution < 1.29 is 4.79 Å². The van der Waals surface area contributed by atoms with E-state index in [1.807, 2.05) is 24.3 Å². The van der Waals surface area contributed by atoms with Gasteiger partial charge in [0.15, 0.2) is 0 Å². The predicted octanol–water partition coefficient (Wildman–Crippen LogP) is 3.79. The molecule has 3 rings (SSSR count). The van der Waals surface area contributed by atoms with Gasteiger partial charge in [-0.1, -0.05) is 29.8 Å². The van der Waals surface area contributed by atoms with Gasteiger partial charge in [-0.25, -0.2) is 0 Å². The standard InChI is InChI=1S/C16H16ClNOS/c17-14-4-2-1-3-12(14)9-15(19)18-11-16(6-7-16)13-5-8-20-10-13/h1-5,8,10H,6-7,9,11H2,(H,18,19). The highest BCUT2D eigenvalue weighted by atomic mass is 35.5. The molecule has 0 unspecified atom stereocenters. The predicted molar refractivity (Wildman–Crippen MR) is 83.4 cm³/mol. The Morgan fingerprint density at radius 2 is 2.10 bits per heavy atom. The van der Waals surface area contributed by atoms with Gasteiger partial charge in [-0.3, -0.25) is 4.79 Å². The van der Waals surface area contributed by atoms with Crippen molar-refractivity contribution in [1.29, 1.82) is 0 Å². The van der Waals surface area contributed by atoms with Crippen LogP contribution < -0.4 is 5.32 Å². The Morgan fingerprint density at radius 3 is 2.75 bits per heavy atom. The quantitative estimate of drug-likeness (QED) is 0.894. The number of thiophene rings is 1. The SMILES string of the molecule is O=C(Cc1ccccc1Cl)NCC1(c2ccsc2)CC1. The molecule has 0 atom stereocenters. The summed E-state index contributed by atoms with van der Waals surface area (Å²) in [5.41, 5.74) is 2.43. The van der Waals surface area contributed by atoms with E-state index in [9.17, 15) is 4.79 Å². The summed E-state index contributed by atoms with van der Waals surface area (Å²) in [5.74, 6) is 0.0413. The van der Waals surface area contributed by atoms with E-state index in [1.165, 1.54) is 5.56 Å². The van der Waals surface area contributed by atoms with Crippen LogP contribution in [-0.4, -0.2) is 12.5 Å². The maximum absolute atomic E-state index is 12.0. The molecule has 4 heteroatoms. The third-order valence-corrected chi connectivity index (χ3v) is 4.97. The monoisotopic (exact) mass is 305 g/mol. The van der Waals surface area contributed by atoms with Crippen molar-refractivity contribution in [2.75, 3.05) is 6.54 Å². The summed E-state index contributed by atoms with van der Waals surface area (Å²) in [6.07, 6.45) is 2.67. The molecule has 2 aromatic rings. The molecule has 2 nitrogen and oxygen atoms in total. The average Bonchev–Trinajstić information content (AvgIpc) is 3.03. The lowest BCUT2D eigenvalue weighted by Crippen LogP contribution is -2.33. The molecule has 1 aromatic heterocycles. The van der Waals surface area contributed by atoms with E-state index in [1.54, 1.807) is 11.3 Å². The van der Waals surface area contributed by atoms with Crippen LogP contribution in [0.25, 0.3) is 0 Å². The third-order valence-electron chi connectivity index (χ3n) is 3.92. The molecule has 1 aliphatic rings. The fraction of sp³-hybridized carbons (Fsp3) is 0.312. The highest BCUT2D eigenvalue weighted by molar-refractivity contribution is 7.08. The molecule has 1 aliphatic carbocycles. The van der Waals surface area contributed by atoms with E-state index in [4.69, 9.17) is 11.6 Å². The minimum atomic E-state index is 0.0413. The van der Waals surface area contributed by atoms with Gasteiger partial charge in [0.2, 0.25) is 5.91 Å². The zero-order valence-corrected chi connectivity index (χ0v) is 12.6. The lowest BCUT2D eigenvalue weighted by atomic mass is 9.99. The molecule has 1 aromatic carbocycles. The van der Waals surface area contributed by atoms with E-state index in [0.29, 0.717) is 11.4 Å². The largest absolute Gasteiger partial charge is 0.355 e. The number of hydrogen-bond acceptors (Lipinski definition) is 2. The summed E-state index contributed by atoms with van der Waals surface area (Å²) in [5, 5.41) is 8.00. The van der Waals surface area contributed by atoms with Crippen LogP contribution in [-0.2, 0) is 16.6 Å². The van der Waals surface area contributed by atoms with E-state index >= 15 is 0 Å². The maximum atomic E-state index is 12.0. The second kappa shape index (κ2) is 5.58. The zero-order valence-electron chi connectivity index (χ0n) is 11.1.